The maximum absolute atomic E-state index is 13.5. The number of pyridine rings is 1. The molecule has 3 aliphatic rings. The highest BCUT2D eigenvalue weighted by molar-refractivity contribution is 6.07. The molecule has 1 fully saturated rings. The summed E-state index contributed by atoms with van der Waals surface area (Å²) in [6, 6.07) is 7.47. The molecule has 3 aliphatic heterocycles. The topological polar surface area (TPSA) is 87.1 Å². The Morgan fingerprint density at radius 2 is 2.00 bits per heavy atom. The van der Waals surface area contributed by atoms with E-state index in [2.05, 4.69) is 37.0 Å². The van der Waals surface area contributed by atoms with E-state index in [1.165, 1.54) is 12.3 Å². The molecule has 0 amide bonds. The van der Waals surface area contributed by atoms with Gasteiger partial charge in [-0.05, 0) is 37.7 Å². The monoisotopic (exact) mass is 456 g/mol. The third-order valence-corrected chi connectivity index (χ3v) is 6.93. The van der Waals surface area contributed by atoms with Gasteiger partial charge in [0, 0.05) is 61.4 Å². The molecule has 1 unspecified atom stereocenters. The zero-order valence-corrected chi connectivity index (χ0v) is 18.7. The number of hydrogen-bond donors (Lipinski definition) is 3. The number of alkyl halides is 2. The molecule has 7 nitrogen and oxygen atoms in total. The minimum Gasteiger partial charge on any atom is -0.395 e. The maximum atomic E-state index is 13.5. The first-order valence-electron chi connectivity index (χ1n) is 11.2. The Morgan fingerprint density at radius 3 is 2.76 bits per heavy atom. The second-order valence-corrected chi connectivity index (χ2v) is 9.23. The average molecular weight is 457 g/mol. The van der Waals surface area contributed by atoms with Gasteiger partial charge in [-0.15, -0.1) is 8.78 Å². The second-order valence-electron chi connectivity index (χ2n) is 9.23. The van der Waals surface area contributed by atoms with Crippen LogP contribution in [0.15, 0.2) is 36.7 Å². The third-order valence-electron chi connectivity index (χ3n) is 6.93. The summed E-state index contributed by atoms with van der Waals surface area (Å²) in [4.78, 5) is 6.93. The number of nitrogens with one attached hydrogen (secondary N) is 2. The van der Waals surface area contributed by atoms with Crippen molar-refractivity contribution >= 4 is 17.6 Å². The Kier molecular flexibility index (Phi) is 5.33. The molecular formula is C24H28F2N5O2+. The number of ether oxygens (including phenoxy) is 2. The van der Waals surface area contributed by atoms with Crippen molar-refractivity contribution in [1.29, 1.82) is 5.41 Å². The fourth-order valence-electron chi connectivity index (χ4n) is 4.78. The number of quaternary nitrogens is 1. The first kappa shape index (κ1) is 21.8. The van der Waals surface area contributed by atoms with Crippen LogP contribution in [0.1, 0.15) is 36.5 Å². The minimum atomic E-state index is -3.64. The molecule has 0 aliphatic carbocycles. The van der Waals surface area contributed by atoms with E-state index in [1.807, 2.05) is 19.2 Å². The SMILES string of the molecule is CN1CCC([NH2+]/C=C(\C=N)c2cnc3c(c2)C(C)(c2ccc4c(c2)OC(F)(F)O4)CN3)CC1. The predicted octanol–water partition coefficient (Wildman–Crippen LogP) is 2.78. The smallest absolute Gasteiger partial charge is 0.395 e. The molecule has 0 saturated carbocycles. The largest absolute Gasteiger partial charge is 0.586 e. The van der Waals surface area contributed by atoms with Gasteiger partial charge in [0.15, 0.2) is 11.5 Å². The molecule has 0 spiro atoms. The average Bonchev–Trinajstić information content (AvgIpc) is 3.30. The highest BCUT2D eigenvalue weighted by atomic mass is 19.3. The van der Waals surface area contributed by atoms with Crippen molar-refractivity contribution < 1.29 is 23.6 Å². The highest BCUT2D eigenvalue weighted by Gasteiger charge is 2.45. The fourth-order valence-corrected chi connectivity index (χ4v) is 4.78. The maximum Gasteiger partial charge on any atom is 0.586 e. The van der Waals surface area contributed by atoms with Gasteiger partial charge in [-0.25, -0.2) is 4.98 Å². The van der Waals surface area contributed by atoms with Gasteiger partial charge < -0.3 is 30.4 Å². The Balaban J connectivity index is 1.42. The number of nitrogens with zero attached hydrogens (tertiary/aromatic N) is 2. The van der Waals surface area contributed by atoms with Crippen LogP contribution < -0.4 is 20.1 Å². The van der Waals surface area contributed by atoms with Crippen molar-refractivity contribution in [3.8, 4) is 11.5 Å². The first-order valence-corrected chi connectivity index (χ1v) is 11.2. The van der Waals surface area contributed by atoms with E-state index in [4.69, 9.17) is 5.41 Å². The number of piperidine rings is 1. The lowest BCUT2D eigenvalue weighted by molar-refractivity contribution is -0.628. The third kappa shape index (κ3) is 4.06. The summed E-state index contributed by atoms with van der Waals surface area (Å²) in [5, 5.41) is 13.5. The van der Waals surface area contributed by atoms with Crippen molar-refractivity contribution in [2.45, 2.75) is 37.5 Å². The fraction of sp³-hybridized carbons (Fsp3) is 0.417. The zero-order chi connectivity index (χ0) is 23.2. The molecule has 1 aromatic heterocycles. The van der Waals surface area contributed by atoms with Gasteiger partial charge >= 0.3 is 6.29 Å². The lowest BCUT2D eigenvalue weighted by atomic mass is 9.78. The molecule has 9 heteroatoms. The number of aromatic nitrogens is 1. The van der Waals surface area contributed by atoms with Gasteiger partial charge in [-0.1, -0.05) is 6.07 Å². The molecule has 1 aromatic carbocycles. The van der Waals surface area contributed by atoms with Gasteiger partial charge in [0.05, 0.1) is 11.6 Å². The number of rotatable bonds is 5. The Morgan fingerprint density at radius 1 is 1.24 bits per heavy atom. The van der Waals surface area contributed by atoms with Crippen LogP contribution in [0.2, 0.25) is 0 Å². The van der Waals surface area contributed by atoms with E-state index >= 15 is 0 Å². The van der Waals surface area contributed by atoms with Gasteiger partial charge in [0.1, 0.15) is 12.0 Å². The Hall–Kier alpha value is -3.04. The van der Waals surface area contributed by atoms with Gasteiger partial charge in [-0.3, -0.25) is 0 Å². The van der Waals surface area contributed by atoms with Crippen LogP contribution in [0.25, 0.3) is 5.57 Å². The van der Waals surface area contributed by atoms with Crippen LogP contribution in [0.3, 0.4) is 0 Å². The number of benzene rings is 1. The lowest BCUT2D eigenvalue weighted by Crippen LogP contribution is -2.86. The second kappa shape index (κ2) is 8.07. The summed E-state index contributed by atoms with van der Waals surface area (Å²) in [5.74, 6) is 0.820. The van der Waals surface area contributed by atoms with Crippen molar-refractivity contribution in [2.24, 2.45) is 0 Å². The normalized spacial score (nSPS) is 24.4. The zero-order valence-electron chi connectivity index (χ0n) is 18.7. The standard InChI is InChI=1S/C24H27F2N5O2/c1-23(17-3-4-20-21(10-17)33-24(25,26)32-20)14-30-22-19(23)9-15(12-29-22)16(11-27)13-28-18-5-7-31(2)8-6-18/h3-4,9-13,18,27-28H,5-8,14H2,1-2H3,(H,29,30)/p+1/b16-13+,27-11?. The van der Waals surface area contributed by atoms with E-state index < -0.39 is 11.7 Å². The Bertz CT molecular complexity index is 1110. The van der Waals surface area contributed by atoms with E-state index in [0.717, 1.165) is 54.0 Å². The molecule has 4 heterocycles. The molecule has 4 N–H and O–H groups in total. The van der Waals surface area contributed by atoms with Crippen LogP contribution in [0, 0.1) is 5.41 Å². The molecule has 0 radical (unpaired) electrons. The summed E-state index contributed by atoms with van der Waals surface area (Å²) < 4.78 is 36.2. The molecule has 174 valence electrons. The number of allylic oxidation sites excluding steroid dienone is 1. The van der Waals surface area contributed by atoms with Crippen LogP contribution in [0.4, 0.5) is 14.6 Å². The van der Waals surface area contributed by atoms with Gasteiger partial charge in [-0.2, -0.15) is 0 Å². The molecular weight excluding hydrogens is 428 g/mol. The van der Waals surface area contributed by atoms with Crippen molar-refractivity contribution in [3.05, 3.63) is 53.4 Å². The van der Waals surface area contributed by atoms with E-state index in [1.54, 1.807) is 18.3 Å². The van der Waals surface area contributed by atoms with Crippen LogP contribution in [-0.2, 0) is 5.41 Å². The summed E-state index contributed by atoms with van der Waals surface area (Å²) >= 11 is 0. The number of likely N-dealkylation sites (tertiary alicyclic amines) is 1. The predicted molar refractivity (Wildman–Crippen MR) is 121 cm³/mol. The first-order chi connectivity index (χ1) is 15.8. The molecule has 33 heavy (non-hydrogen) atoms. The number of halogens is 2. The van der Waals surface area contributed by atoms with Crippen LogP contribution in [0.5, 0.6) is 11.5 Å². The van der Waals surface area contributed by atoms with E-state index in [0.29, 0.717) is 12.6 Å². The number of hydrogen-bond acceptors (Lipinski definition) is 6. The van der Waals surface area contributed by atoms with Crippen LogP contribution in [-0.4, -0.2) is 55.1 Å². The molecule has 0 bridgehead atoms. The van der Waals surface area contributed by atoms with Crippen LogP contribution >= 0.6 is 0 Å². The van der Waals surface area contributed by atoms with Crippen molar-refractivity contribution in [3.63, 3.8) is 0 Å². The number of nitrogens with two attached hydrogens (primary N) is 1. The highest BCUT2D eigenvalue weighted by Crippen LogP contribution is 2.47. The number of anilines is 1. The van der Waals surface area contributed by atoms with E-state index in [9.17, 15) is 8.78 Å². The summed E-state index contributed by atoms with van der Waals surface area (Å²) in [6.45, 7) is 4.78. The number of fused-ring (bicyclic) bond motifs is 2. The summed E-state index contributed by atoms with van der Waals surface area (Å²) in [6.07, 6.45) is 3.75. The summed E-state index contributed by atoms with van der Waals surface area (Å²) in [7, 11) is 2.14. The Labute approximate surface area is 191 Å². The lowest BCUT2D eigenvalue weighted by Gasteiger charge is -2.26. The molecule has 5 rings (SSSR count). The molecule has 1 atom stereocenters. The van der Waals surface area contributed by atoms with Crippen molar-refractivity contribution in [1.82, 2.24) is 9.88 Å². The van der Waals surface area contributed by atoms with Gasteiger partial charge in [0.25, 0.3) is 0 Å². The van der Waals surface area contributed by atoms with Crippen molar-refractivity contribution in [2.75, 3.05) is 32.0 Å². The molecule has 2 aromatic rings. The van der Waals surface area contributed by atoms with E-state index in [-0.39, 0.29) is 11.5 Å². The van der Waals surface area contributed by atoms with Gasteiger partial charge in [0.2, 0.25) is 0 Å². The molecule has 1 saturated heterocycles. The summed E-state index contributed by atoms with van der Waals surface area (Å²) in [5.41, 5.74) is 2.93. The quantitative estimate of drug-likeness (QED) is 0.603. The minimum absolute atomic E-state index is 0.0314.